The molecule has 0 unspecified atom stereocenters. The number of esters is 2. The van der Waals surface area contributed by atoms with Crippen LogP contribution in [0.1, 0.15) is 47.7 Å². The van der Waals surface area contributed by atoms with Crippen LogP contribution < -0.4 is 10.6 Å². The molecule has 0 heterocycles. The van der Waals surface area contributed by atoms with Crippen LogP contribution in [0.5, 0.6) is 0 Å². The summed E-state index contributed by atoms with van der Waals surface area (Å²) in [5, 5.41) is 5.31. The quantitative estimate of drug-likeness (QED) is 0.544. The zero-order valence-electron chi connectivity index (χ0n) is 18.5. The topological polar surface area (TPSA) is 111 Å². The summed E-state index contributed by atoms with van der Waals surface area (Å²) in [6, 6.07) is 11.9. The van der Waals surface area contributed by atoms with E-state index in [1.807, 2.05) is 39.0 Å². The molecule has 2 rings (SSSR count). The lowest BCUT2D eigenvalue weighted by atomic mass is 10.1. The molecule has 0 bridgehead atoms. The van der Waals surface area contributed by atoms with E-state index in [0.29, 0.717) is 23.5 Å². The molecule has 0 aliphatic heterocycles. The van der Waals surface area contributed by atoms with Gasteiger partial charge in [-0.15, -0.1) is 0 Å². The first kappa shape index (κ1) is 24.6. The van der Waals surface area contributed by atoms with Gasteiger partial charge in [-0.2, -0.15) is 0 Å². The van der Waals surface area contributed by atoms with E-state index < -0.39 is 24.5 Å². The molecule has 0 saturated carbocycles. The number of hydrogen-bond donors (Lipinski definition) is 2. The number of nitrogens with one attached hydrogen (secondary N) is 2. The minimum absolute atomic E-state index is 0.0994. The highest BCUT2D eigenvalue weighted by Gasteiger charge is 2.12. The molecule has 2 N–H and O–H groups in total. The van der Waals surface area contributed by atoms with Crippen molar-refractivity contribution in [1.29, 1.82) is 0 Å². The van der Waals surface area contributed by atoms with Gasteiger partial charge in [-0.25, -0.2) is 4.79 Å². The van der Waals surface area contributed by atoms with E-state index in [4.69, 9.17) is 9.47 Å². The lowest BCUT2D eigenvalue weighted by Crippen LogP contribution is -2.22. The van der Waals surface area contributed by atoms with Gasteiger partial charge in [-0.05, 0) is 67.8 Å². The highest BCUT2D eigenvalue weighted by Crippen LogP contribution is 2.14. The molecule has 2 amide bonds. The van der Waals surface area contributed by atoms with Crippen LogP contribution in [0.4, 0.5) is 11.4 Å². The number of amides is 2. The van der Waals surface area contributed by atoms with Crippen molar-refractivity contribution in [3.8, 4) is 0 Å². The maximum absolute atomic E-state index is 12.0. The van der Waals surface area contributed by atoms with Crippen LogP contribution in [-0.4, -0.2) is 37.0 Å². The maximum Gasteiger partial charge on any atom is 0.338 e. The summed E-state index contributed by atoms with van der Waals surface area (Å²) in [6.07, 6.45) is 0.474. The van der Waals surface area contributed by atoms with Crippen LogP contribution in [0.3, 0.4) is 0 Å². The third-order valence-electron chi connectivity index (χ3n) is 4.27. The zero-order valence-corrected chi connectivity index (χ0v) is 18.5. The normalized spacial score (nSPS) is 10.2. The molecule has 0 spiro atoms. The molecule has 0 aromatic heterocycles. The lowest BCUT2D eigenvalue weighted by molar-refractivity contribution is -0.147. The number of aryl methyl sites for hydroxylation is 2. The Labute approximate surface area is 187 Å². The number of carbonyl (C=O) groups is 4. The number of hydrogen-bond acceptors (Lipinski definition) is 6. The summed E-state index contributed by atoms with van der Waals surface area (Å²) >= 11 is 0. The molecule has 8 nitrogen and oxygen atoms in total. The highest BCUT2D eigenvalue weighted by atomic mass is 16.5. The first-order valence-electron chi connectivity index (χ1n) is 10.4. The van der Waals surface area contributed by atoms with E-state index in [1.54, 1.807) is 24.3 Å². The van der Waals surface area contributed by atoms with Gasteiger partial charge in [-0.3, -0.25) is 14.4 Å². The molecule has 2 aromatic rings. The number of anilines is 2. The van der Waals surface area contributed by atoms with E-state index in [0.717, 1.165) is 17.5 Å². The molecule has 32 heavy (non-hydrogen) atoms. The van der Waals surface area contributed by atoms with Crippen molar-refractivity contribution < 1.29 is 28.7 Å². The molecule has 170 valence electrons. The monoisotopic (exact) mass is 440 g/mol. The van der Waals surface area contributed by atoms with E-state index in [1.165, 1.54) is 0 Å². The van der Waals surface area contributed by atoms with Crippen molar-refractivity contribution in [3.05, 3.63) is 59.2 Å². The first-order chi connectivity index (χ1) is 15.3. The van der Waals surface area contributed by atoms with Crippen LogP contribution in [-0.2, 0) is 23.9 Å². The van der Waals surface area contributed by atoms with Gasteiger partial charge in [0.2, 0.25) is 5.91 Å². The molecule has 0 aliphatic carbocycles. The summed E-state index contributed by atoms with van der Waals surface area (Å²) < 4.78 is 9.97. The Balaban J connectivity index is 1.70. The van der Waals surface area contributed by atoms with E-state index in [9.17, 15) is 19.2 Å². The summed E-state index contributed by atoms with van der Waals surface area (Å²) in [7, 11) is 0. The van der Waals surface area contributed by atoms with Crippen molar-refractivity contribution in [3.63, 3.8) is 0 Å². The first-order valence-corrected chi connectivity index (χ1v) is 10.4. The van der Waals surface area contributed by atoms with Crippen LogP contribution in [0, 0.1) is 13.8 Å². The van der Waals surface area contributed by atoms with Crippen LogP contribution in [0.15, 0.2) is 42.5 Å². The van der Waals surface area contributed by atoms with Gasteiger partial charge < -0.3 is 20.1 Å². The van der Waals surface area contributed by atoms with Crippen molar-refractivity contribution in [1.82, 2.24) is 0 Å². The fraction of sp³-hybridized carbons (Fsp3) is 0.333. The molecule has 0 fully saturated rings. The Morgan fingerprint density at radius 1 is 0.781 bits per heavy atom. The Morgan fingerprint density at radius 3 is 2.03 bits per heavy atom. The predicted molar refractivity (Wildman–Crippen MR) is 120 cm³/mol. The average molecular weight is 440 g/mol. The second-order valence-electron chi connectivity index (χ2n) is 7.35. The Kier molecular flexibility index (Phi) is 9.41. The summed E-state index contributed by atoms with van der Waals surface area (Å²) in [4.78, 5) is 47.6. The standard InChI is InChI=1S/C24H28N2O6/c1-4-11-31-24(30)18-5-7-19(8-6-18)25-21(27)9-10-23(29)32-15-22(28)26-20-13-16(2)12-17(3)14-20/h5-8,12-14H,4,9-11,15H2,1-3H3,(H,25,27)(H,26,28). The second kappa shape index (κ2) is 12.2. The van der Waals surface area contributed by atoms with Crippen molar-refractivity contribution in [2.45, 2.75) is 40.0 Å². The van der Waals surface area contributed by atoms with Gasteiger partial charge in [0.05, 0.1) is 18.6 Å². The second-order valence-corrected chi connectivity index (χ2v) is 7.35. The molecule has 0 aliphatic rings. The molecule has 0 saturated heterocycles. The van der Waals surface area contributed by atoms with Crippen molar-refractivity contribution in [2.24, 2.45) is 0 Å². The minimum atomic E-state index is -0.648. The van der Waals surface area contributed by atoms with Crippen molar-refractivity contribution in [2.75, 3.05) is 23.8 Å². The van der Waals surface area contributed by atoms with Crippen LogP contribution in [0.2, 0.25) is 0 Å². The number of rotatable bonds is 10. The molecular formula is C24H28N2O6. The molecular weight excluding hydrogens is 412 g/mol. The van der Waals surface area contributed by atoms with Crippen LogP contribution in [0.25, 0.3) is 0 Å². The number of ether oxygens (including phenoxy) is 2. The summed E-state index contributed by atoms with van der Waals surface area (Å²) in [5.74, 6) is -1.91. The van der Waals surface area contributed by atoms with Gasteiger partial charge in [-0.1, -0.05) is 13.0 Å². The largest absolute Gasteiger partial charge is 0.462 e. The van der Waals surface area contributed by atoms with Gasteiger partial charge >= 0.3 is 11.9 Å². The summed E-state index contributed by atoms with van der Waals surface area (Å²) in [5.41, 5.74) is 3.53. The minimum Gasteiger partial charge on any atom is -0.462 e. The predicted octanol–water partition coefficient (Wildman–Crippen LogP) is 3.77. The highest BCUT2D eigenvalue weighted by molar-refractivity contribution is 5.95. The molecule has 0 atom stereocenters. The Morgan fingerprint density at radius 2 is 1.41 bits per heavy atom. The molecule has 0 radical (unpaired) electrons. The third-order valence-corrected chi connectivity index (χ3v) is 4.27. The SMILES string of the molecule is CCCOC(=O)c1ccc(NC(=O)CCC(=O)OCC(=O)Nc2cc(C)cc(C)c2)cc1. The Bertz CT molecular complexity index is 949. The molecule has 8 heteroatoms. The third kappa shape index (κ3) is 8.59. The average Bonchev–Trinajstić information content (AvgIpc) is 2.74. The van der Waals surface area contributed by atoms with E-state index >= 15 is 0 Å². The van der Waals surface area contributed by atoms with E-state index in [2.05, 4.69) is 10.6 Å². The molecule has 2 aromatic carbocycles. The van der Waals surface area contributed by atoms with Crippen LogP contribution >= 0.6 is 0 Å². The zero-order chi connectivity index (χ0) is 23.5. The smallest absolute Gasteiger partial charge is 0.338 e. The summed E-state index contributed by atoms with van der Waals surface area (Å²) in [6.45, 7) is 5.67. The van der Waals surface area contributed by atoms with Gasteiger partial charge in [0.15, 0.2) is 6.61 Å². The Hall–Kier alpha value is -3.68. The fourth-order valence-corrected chi connectivity index (χ4v) is 2.87. The van der Waals surface area contributed by atoms with Gasteiger partial charge in [0.25, 0.3) is 5.91 Å². The van der Waals surface area contributed by atoms with Gasteiger partial charge in [0, 0.05) is 17.8 Å². The van der Waals surface area contributed by atoms with Crippen molar-refractivity contribution >= 4 is 35.1 Å². The lowest BCUT2D eigenvalue weighted by Gasteiger charge is -2.09. The fourth-order valence-electron chi connectivity index (χ4n) is 2.87. The number of carbonyl (C=O) groups excluding carboxylic acids is 4. The van der Waals surface area contributed by atoms with Gasteiger partial charge in [0.1, 0.15) is 0 Å². The number of benzene rings is 2. The maximum atomic E-state index is 12.0. The van der Waals surface area contributed by atoms with E-state index in [-0.39, 0.29) is 18.7 Å².